The third-order valence-electron chi connectivity index (χ3n) is 7.35. The first-order valence-corrected chi connectivity index (χ1v) is 14.2. The van der Waals surface area contributed by atoms with Crippen LogP contribution in [0.15, 0.2) is 68.8 Å². The number of hydrogen-bond donors (Lipinski definition) is 5. The van der Waals surface area contributed by atoms with Gasteiger partial charge in [0, 0.05) is 36.3 Å². The van der Waals surface area contributed by atoms with Gasteiger partial charge in [-0.3, -0.25) is 19.4 Å². The number of fused-ring (bicyclic) bond motifs is 1. The predicted octanol–water partition coefficient (Wildman–Crippen LogP) is 1.85. The molecule has 2 heterocycles. The zero-order valence-electron chi connectivity index (χ0n) is 24.2. The summed E-state index contributed by atoms with van der Waals surface area (Å²) in [6.45, 7) is 0.481. The van der Waals surface area contributed by atoms with Crippen LogP contribution in [0.4, 0.5) is 18.9 Å². The number of anilines is 1. The van der Waals surface area contributed by atoms with Gasteiger partial charge in [0.25, 0.3) is 0 Å². The molecule has 1 aliphatic heterocycles. The van der Waals surface area contributed by atoms with Crippen molar-refractivity contribution in [3.63, 3.8) is 0 Å². The van der Waals surface area contributed by atoms with Crippen molar-refractivity contribution in [3.8, 4) is 0 Å². The van der Waals surface area contributed by atoms with E-state index in [0.717, 1.165) is 17.7 Å². The van der Waals surface area contributed by atoms with E-state index in [1.807, 2.05) is 30.3 Å². The average molecular weight is 630 g/mol. The molecular formula is C30H34F3N7O5. The minimum absolute atomic E-state index is 0.0306. The third-order valence-corrected chi connectivity index (χ3v) is 7.35. The number of guanidine groups is 1. The van der Waals surface area contributed by atoms with Crippen molar-refractivity contribution in [3.05, 3.63) is 76.1 Å². The Kier molecular flexibility index (Phi) is 10.4. The zero-order valence-corrected chi connectivity index (χ0v) is 24.2. The molecule has 0 saturated carbocycles. The van der Waals surface area contributed by atoms with Gasteiger partial charge in [0.15, 0.2) is 5.96 Å². The molecule has 3 amide bonds. The monoisotopic (exact) mass is 629 g/mol. The van der Waals surface area contributed by atoms with Gasteiger partial charge >= 0.3 is 11.8 Å². The van der Waals surface area contributed by atoms with Crippen molar-refractivity contribution in [1.29, 1.82) is 0 Å². The van der Waals surface area contributed by atoms with E-state index < -0.39 is 47.3 Å². The molecule has 0 aliphatic carbocycles. The molecule has 0 unspecified atom stereocenters. The Balaban J connectivity index is 1.50. The largest absolute Gasteiger partial charge is 0.423 e. The lowest BCUT2D eigenvalue weighted by Gasteiger charge is -2.28. The van der Waals surface area contributed by atoms with Gasteiger partial charge < -0.3 is 37.2 Å². The first kappa shape index (κ1) is 33.0. The molecule has 12 nitrogen and oxygen atoms in total. The molecule has 1 saturated heterocycles. The Hall–Kier alpha value is -4.92. The van der Waals surface area contributed by atoms with Gasteiger partial charge in [0.2, 0.25) is 17.7 Å². The topological polar surface area (TPSA) is 199 Å². The lowest BCUT2D eigenvalue weighted by Crippen LogP contribution is -2.54. The van der Waals surface area contributed by atoms with Crippen molar-refractivity contribution in [2.24, 2.45) is 22.2 Å². The molecule has 45 heavy (non-hydrogen) atoms. The number of nitrogens with two attached hydrogens (primary N) is 3. The van der Waals surface area contributed by atoms with E-state index in [2.05, 4.69) is 15.6 Å². The standard InChI is InChI=1S/C30H34F3N7O5/c31-30(32,33)20-16-25(41)45-24-15-18(10-11-19(20)24)38-26(42)22(8-4-12-37-29(35)36)39-27(43)23-9-5-13-40(23)28(44)21(34)14-17-6-2-1-3-7-17/h1-3,6-7,10-11,15-16,21-23H,4-5,8-9,12-14,34H2,(H,38,42)(H,39,43)(H4,35,36,37)/t21-,22+,23+/m1/s1. The highest BCUT2D eigenvalue weighted by molar-refractivity contribution is 6.00. The fourth-order valence-electron chi connectivity index (χ4n) is 5.22. The molecule has 8 N–H and O–H groups in total. The summed E-state index contributed by atoms with van der Waals surface area (Å²) in [7, 11) is 0. The Morgan fingerprint density at radius 2 is 1.82 bits per heavy atom. The number of likely N-dealkylation sites (tertiary alicyclic amines) is 1. The van der Waals surface area contributed by atoms with Crippen LogP contribution in [-0.4, -0.2) is 59.8 Å². The highest BCUT2D eigenvalue weighted by Crippen LogP contribution is 2.34. The molecule has 3 atom stereocenters. The molecular weight excluding hydrogens is 595 g/mol. The number of alkyl halides is 3. The minimum Gasteiger partial charge on any atom is -0.423 e. The Morgan fingerprint density at radius 1 is 1.09 bits per heavy atom. The Morgan fingerprint density at radius 3 is 2.51 bits per heavy atom. The third kappa shape index (κ3) is 8.59. The predicted molar refractivity (Wildman–Crippen MR) is 161 cm³/mol. The van der Waals surface area contributed by atoms with E-state index in [1.54, 1.807) is 0 Å². The number of amides is 3. The van der Waals surface area contributed by atoms with Crippen LogP contribution >= 0.6 is 0 Å². The maximum Gasteiger partial charge on any atom is 0.417 e. The molecule has 0 radical (unpaired) electrons. The number of nitrogens with one attached hydrogen (secondary N) is 2. The Labute approximate surface area is 255 Å². The number of benzene rings is 2. The number of halogens is 3. The number of carbonyl (C=O) groups excluding carboxylic acids is 3. The minimum atomic E-state index is -4.80. The van der Waals surface area contributed by atoms with Gasteiger partial charge in [-0.2, -0.15) is 13.2 Å². The number of carbonyl (C=O) groups is 3. The van der Waals surface area contributed by atoms with Crippen molar-refractivity contribution in [2.75, 3.05) is 18.4 Å². The van der Waals surface area contributed by atoms with E-state index in [4.69, 9.17) is 21.6 Å². The van der Waals surface area contributed by atoms with Gasteiger partial charge in [-0.1, -0.05) is 30.3 Å². The van der Waals surface area contributed by atoms with Gasteiger partial charge in [-0.15, -0.1) is 0 Å². The zero-order chi connectivity index (χ0) is 32.7. The number of rotatable bonds is 11. The molecule has 1 aliphatic rings. The highest BCUT2D eigenvalue weighted by atomic mass is 19.4. The molecule has 1 aromatic heterocycles. The lowest BCUT2D eigenvalue weighted by atomic mass is 10.0. The van der Waals surface area contributed by atoms with Gasteiger partial charge in [0.05, 0.1) is 11.6 Å². The second kappa shape index (κ2) is 14.2. The molecule has 0 spiro atoms. The van der Waals surface area contributed by atoms with Crippen LogP contribution in [0.3, 0.4) is 0 Å². The van der Waals surface area contributed by atoms with E-state index in [0.29, 0.717) is 25.5 Å². The lowest BCUT2D eigenvalue weighted by molar-refractivity contribution is -0.140. The maximum atomic E-state index is 13.4. The average Bonchev–Trinajstić information content (AvgIpc) is 3.47. The van der Waals surface area contributed by atoms with Crippen LogP contribution in [0, 0.1) is 0 Å². The normalized spacial score (nSPS) is 16.2. The number of nitrogens with zero attached hydrogens (tertiary/aromatic N) is 2. The van der Waals surface area contributed by atoms with Crippen molar-refractivity contribution in [2.45, 2.75) is 56.4 Å². The summed E-state index contributed by atoms with van der Waals surface area (Å²) in [6.07, 6.45) is -3.22. The van der Waals surface area contributed by atoms with Crippen molar-refractivity contribution >= 4 is 40.3 Å². The summed E-state index contributed by atoms with van der Waals surface area (Å²) in [4.78, 5) is 57.1. The van der Waals surface area contributed by atoms with Gasteiger partial charge in [-0.05, 0) is 49.8 Å². The molecule has 15 heteroatoms. The molecule has 1 fully saturated rings. The van der Waals surface area contributed by atoms with Crippen molar-refractivity contribution < 1.29 is 32.0 Å². The van der Waals surface area contributed by atoms with Crippen LogP contribution in [0.25, 0.3) is 11.0 Å². The van der Waals surface area contributed by atoms with Crippen LogP contribution in [0.1, 0.15) is 36.8 Å². The number of aliphatic imine (C=N–C) groups is 1. The van der Waals surface area contributed by atoms with E-state index in [1.165, 1.54) is 11.0 Å². The maximum absolute atomic E-state index is 13.4. The van der Waals surface area contributed by atoms with Crippen LogP contribution < -0.4 is 33.5 Å². The van der Waals surface area contributed by atoms with E-state index >= 15 is 0 Å². The highest BCUT2D eigenvalue weighted by Gasteiger charge is 2.38. The second-order valence-electron chi connectivity index (χ2n) is 10.7. The Bertz CT molecular complexity index is 1620. The summed E-state index contributed by atoms with van der Waals surface area (Å²) in [5.41, 5.74) is 15.1. The van der Waals surface area contributed by atoms with E-state index in [9.17, 15) is 32.3 Å². The fraction of sp³-hybridized carbons (Fsp3) is 0.367. The molecule has 3 aromatic rings. The first-order chi connectivity index (χ1) is 21.3. The summed E-state index contributed by atoms with van der Waals surface area (Å²) >= 11 is 0. The summed E-state index contributed by atoms with van der Waals surface area (Å²) < 4.78 is 45.2. The van der Waals surface area contributed by atoms with Gasteiger partial charge in [-0.25, -0.2) is 4.79 Å². The molecule has 0 bridgehead atoms. The smallest absolute Gasteiger partial charge is 0.417 e. The molecule has 240 valence electrons. The van der Waals surface area contributed by atoms with Crippen molar-refractivity contribution in [1.82, 2.24) is 10.2 Å². The molecule has 2 aromatic carbocycles. The summed E-state index contributed by atoms with van der Waals surface area (Å²) in [5.74, 6) is -1.79. The van der Waals surface area contributed by atoms with Crippen LogP contribution in [-0.2, 0) is 27.0 Å². The fourth-order valence-corrected chi connectivity index (χ4v) is 5.22. The quantitative estimate of drug-likeness (QED) is 0.0916. The van der Waals surface area contributed by atoms with Gasteiger partial charge in [0.1, 0.15) is 17.7 Å². The summed E-state index contributed by atoms with van der Waals surface area (Å²) in [5, 5.41) is 4.89. The SMILES string of the molecule is NC(N)=NCCC[C@H](NC(=O)[C@@H]1CCCN1C(=O)[C@H](N)Cc1ccccc1)C(=O)Nc1ccc2c(C(F)(F)F)cc(=O)oc2c1. The number of hydrogen-bond acceptors (Lipinski definition) is 7. The van der Waals surface area contributed by atoms with Crippen LogP contribution in [0.5, 0.6) is 0 Å². The van der Waals surface area contributed by atoms with E-state index in [-0.39, 0.29) is 54.3 Å². The first-order valence-electron chi connectivity index (χ1n) is 14.2. The van der Waals surface area contributed by atoms with Crippen LogP contribution in [0.2, 0.25) is 0 Å². The summed E-state index contributed by atoms with van der Waals surface area (Å²) in [6, 6.07) is 10.1. The molecule has 4 rings (SSSR count). The second-order valence-corrected chi connectivity index (χ2v) is 10.7.